The van der Waals surface area contributed by atoms with Crippen molar-refractivity contribution < 1.29 is 5.11 Å². The predicted molar refractivity (Wildman–Crippen MR) is 59.9 cm³/mol. The van der Waals surface area contributed by atoms with Gasteiger partial charge in [0.05, 0.1) is 6.61 Å². The van der Waals surface area contributed by atoms with Gasteiger partial charge >= 0.3 is 0 Å². The van der Waals surface area contributed by atoms with Gasteiger partial charge in [-0.1, -0.05) is 34.6 Å². The summed E-state index contributed by atoms with van der Waals surface area (Å²) in [6, 6.07) is 0. The molecular formula is C11H27NO. The van der Waals surface area contributed by atoms with Crippen LogP contribution in [-0.2, 0) is 0 Å². The van der Waals surface area contributed by atoms with E-state index in [0.717, 1.165) is 31.3 Å². The van der Waals surface area contributed by atoms with Gasteiger partial charge in [0, 0.05) is 6.54 Å². The maximum absolute atomic E-state index is 8.23. The smallest absolute Gasteiger partial charge is 0.0555 e. The molecule has 0 aromatic rings. The third-order valence-electron chi connectivity index (χ3n) is 2.05. The third-order valence-corrected chi connectivity index (χ3v) is 2.05. The molecule has 82 valence electrons. The number of hydrogen-bond donors (Lipinski definition) is 2. The van der Waals surface area contributed by atoms with Crippen LogP contribution in [-0.4, -0.2) is 24.8 Å². The molecule has 0 heterocycles. The monoisotopic (exact) mass is 189 g/mol. The van der Waals surface area contributed by atoms with Crippen molar-refractivity contribution in [3.05, 3.63) is 0 Å². The largest absolute Gasteiger partial charge is 0.395 e. The number of nitrogens with one attached hydrogen (secondary N) is 1. The number of aliphatic hydroxyl groups is 1. The fourth-order valence-electron chi connectivity index (χ4n) is 0.381. The van der Waals surface area contributed by atoms with Crippen LogP contribution < -0.4 is 5.32 Å². The Morgan fingerprint density at radius 2 is 1.46 bits per heavy atom. The molecule has 0 spiro atoms. The zero-order valence-corrected chi connectivity index (χ0v) is 9.93. The van der Waals surface area contributed by atoms with E-state index >= 15 is 0 Å². The Balaban J connectivity index is 0. The summed E-state index contributed by atoms with van der Waals surface area (Å²) in [4.78, 5) is 0. The zero-order valence-electron chi connectivity index (χ0n) is 9.93. The maximum atomic E-state index is 8.23. The lowest BCUT2D eigenvalue weighted by Gasteiger charge is -2.05. The molecule has 2 nitrogen and oxygen atoms in total. The van der Waals surface area contributed by atoms with Gasteiger partial charge in [-0.15, -0.1) is 0 Å². The van der Waals surface area contributed by atoms with E-state index in [1.54, 1.807) is 0 Å². The average molecular weight is 189 g/mol. The molecule has 0 fully saturated rings. The van der Waals surface area contributed by atoms with Gasteiger partial charge in [0.25, 0.3) is 0 Å². The molecule has 0 aliphatic carbocycles. The van der Waals surface area contributed by atoms with Gasteiger partial charge in [-0.3, -0.25) is 0 Å². The summed E-state index contributed by atoms with van der Waals surface area (Å²) in [6.07, 6.45) is 1.14. The van der Waals surface area contributed by atoms with Crippen molar-refractivity contribution >= 4 is 0 Å². The average Bonchev–Trinajstić information content (AvgIpc) is 2.06. The molecule has 0 aromatic carbocycles. The van der Waals surface area contributed by atoms with Gasteiger partial charge < -0.3 is 10.4 Å². The Labute approximate surface area is 83.7 Å². The van der Waals surface area contributed by atoms with Crippen LogP contribution in [0.5, 0.6) is 0 Å². The fraction of sp³-hybridized carbons (Fsp3) is 1.00. The van der Waals surface area contributed by atoms with Gasteiger partial charge in [-0.05, 0) is 24.8 Å². The Kier molecular flexibility index (Phi) is 14.1. The highest BCUT2D eigenvalue weighted by Crippen LogP contribution is 2.05. The Bertz CT molecular complexity index is 72.2. The molecule has 2 N–H and O–H groups in total. The highest BCUT2D eigenvalue weighted by atomic mass is 16.3. The maximum Gasteiger partial charge on any atom is 0.0555 e. The van der Waals surface area contributed by atoms with Crippen LogP contribution in [0.3, 0.4) is 0 Å². The van der Waals surface area contributed by atoms with Crippen LogP contribution in [0.4, 0.5) is 0 Å². The lowest BCUT2D eigenvalue weighted by atomic mass is 10.0. The fourth-order valence-corrected chi connectivity index (χ4v) is 0.381. The van der Waals surface area contributed by atoms with Crippen LogP contribution in [0.1, 0.15) is 41.0 Å². The summed E-state index contributed by atoms with van der Waals surface area (Å²) in [6.45, 7) is 13.1. The number of aliphatic hydroxyl groups excluding tert-OH is 1. The van der Waals surface area contributed by atoms with Crippen molar-refractivity contribution in [2.45, 2.75) is 41.0 Å². The Hall–Kier alpha value is -0.0800. The normalized spacial score (nSPS) is 10.2. The van der Waals surface area contributed by atoms with E-state index in [4.69, 9.17) is 5.11 Å². The summed E-state index contributed by atoms with van der Waals surface area (Å²) in [5, 5.41) is 11.3. The number of hydrogen-bond acceptors (Lipinski definition) is 2. The molecule has 0 rings (SSSR count). The predicted octanol–water partition coefficient (Wildman–Crippen LogP) is 2.28. The van der Waals surface area contributed by atoms with E-state index in [0.29, 0.717) is 0 Å². The van der Waals surface area contributed by atoms with Gasteiger partial charge in [0.15, 0.2) is 0 Å². The molecule has 0 aliphatic rings. The summed E-state index contributed by atoms with van der Waals surface area (Å²) in [5.74, 6) is 1.70. The van der Waals surface area contributed by atoms with Crippen molar-refractivity contribution in [1.82, 2.24) is 5.32 Å². The minimum absolute atomic E-state index is 0.250. The molecule has 0 radical (unpaired) electrons. The summed E-state index contributed by atoms with van der Waals surface area (Å²) in [7, 11) is 0. The van der Waals surface area contributed by atoms with Crippen LogP contribution in [0, 0.1) is 11.8 Å². The first kappa shape index (κ1) is 15.4. The zero-order chi connectivity index (χ0) is 10.7. The molecule has 0 saturated carbocycles. The van der Waals surface area contributed by atoms with E-state index in [9.17, 15) is 0 Å². The van der Waals surface area contributed by atoms with Gasteiger partial charge in [-0.2, -0.15) is 0 Å². The molecule has 0 saturated heterocycles. The van der Waals surface area contributed by atoms with Gasteiger partial charge in [0.1, 0.15) is 0 Å². The molecule has 0 bridgehead atoms. The molecule has 0 atom stereocenters. The minimum atomic E-state index is 0.250. The van der Waals surface area contributed by atoms with E-state index in [2.05, 4.69) is 39.9 Å². The minimum Gasteiger partial charge on any atom is -0.395 e. The lowest BCUT2D eigenvalue weighted by molar-refractivity contribution is 0.292. The molecule has 0 aromatic heterocycles. The first-order chi connectivity index (χ1) is 6.06. The highest BCUT2D eigenvalue weighted by molar-refractivity contribution is 4.46. The highest BCUT2D eigenvalue weighted by Gasteiger charge is 1.95. The Morgan fingerprint density at radius 3 is 1.69 bits per heavy atom. The Morgan fingerprint density at radius 1 is 1.00 bits per heavy atom. The van der Waals surface area contributed by atoms with Crippen molar-refractivity contribution in [3.8, 4) is 0 Å². The topological polar surface area (TPSA) is 32.3 Å². The molecule has 13 heavy (non-hydrogen) atoms. The van der Waals surface area contributed by atoms with E-state index in [1.165, 1.54) is 0 Å². The van der Waals surface area contributed by atoms with Crippen LogP contribution in [0.25, 0.3) is 0 Å². The standard InChI is InChI=1S/C6H14.C5H13NO/c1-5(2)6(3)4;1-2-3-6-4-5-7/h5-6H,1-4H3;6-7H,2-5H2,1H3. The molecule has 2 heteroatoms. The summed E-state index contributed by atoms with van der Waals surface area (Å²) in [5.41, 5.74) is 0. The van der Waals surface area contributed by atoms with Crippen LogP contribution in [0.15, 0.2) is 0 Å². The molecule has 0 unspecified atom stereocenters. The molecular weight excluding hydrogens is 162 g/mol. The SMILES string of the molecule is CC(C)C(C)C.CCCNCCO. The number of rotatable bonds is 5. The molecule has 0 amide bonds. The quantitative estimate of drug-likeness (QED) is 0.650. The molecule has 0 aliphatic heterocycles. The van der Waals surface area contributed by atoms with E-state index in [1.807, 2.05) is 0 Å². The second kappa shape index (κ2) is 11.9. The second-order valence-electron chi connectivity index (χ2n) is 3.96. The van der Waals surface area contributed by atoms with Gasteiger partial charge in [-0.25, -0.2) is 0 Å². The first-order valence-electron chi connectivity index (χ1n) is 5.37. The van der Waals surface area contributed by atoms with Crippen LogP contribution >= 0.6 is 0 Å². The lowest BCUT2D eigenvalue weighted by Crippen LogP contribution is -2.18. The van der Waals surface area contributed by atoms with E-state index in [-0.39, 0.29) is 6.61 Å². The summed E-state index contributed by atoms with van der Waals surface area (Å²) >= 11 is 0. The van der Waals surface area contributed by atoms with E-state index < -0.39 is 0 Å². The summed E-state index contributed by atoms with van der Waals surface area (Å²) < 4.78 is 0. The third kappa shape index (κ3) is 18.7. The van der Waals surface area contributed by atoms with Crippen molar-refractivity contribution in [2.24, 2.45) is 11.8 Å². The van der Waals surface area contributed by atoms with Crippen molar-refractivity contribution in [2.75, 3.05) is 19.7 Å². The first-order valence-corrected chi connectivity index (χ1v) is 5.37. The van der Waals surface area contributed by atoms with Gasteiger partial charge in [0.2, 0.25) is 0 Å². The second-order valence-corrected chi connectivity index (χ2v) is 3.96. The van der Waals surface area contributed by atoms with Crippen molar-refractivity contribution in [1.29, 1.82) is 0 Å². The van der Waals surface area contributed by atoms with Crippen LogP contribution in [0.2, 0.25) is 0 Å². The van der Waals surface area contributed by atoms with Crippen molar-refractivity contribution in [3.63, 3.8) is 0 Å².